The Kier molecular flexibility index (Phi) is 4.52. The predicted molar refractivity (Wildman–Crippen MR) is 83.9 cm³/mol. The Morgan fingerprint density at radius 3 is 2.86 bits per heavy atom. The number of urea groups is 1. The summed E-state index contributed by atoms with van der Waals surface area (Å²) in [7, 11) is 0. The summed E-state index contributed by atoms with van der Waals surface area (Å²) < 4.78 is 5.59. The van der Waals surface area contributed by atoms with Crippen LogP contribution in [0.2, 0.25) is 0 Å². The molecule has 2 aliphatic rings. The van der Waals surface area contributed by atoms with Crippen LogP contribution < -0.4 is 15.4 Å². The molecule has 0 bridgehead atoms. The fourth-order valence-electron chi connectivity index (χ4n) is 3.33. The Balaban J connectivity index is 1.54. The second kappa shape index (κ2) is 6.57. The largest absolute Gasteiger partial charge is 0.493 e. The summed E-state index contributed by atoms with van der Waals surface area (Å²) in [4.78, 5) is 12.1. The molecular formula is C17H24N2O3. The Morgan fingerprint density at radius 1 is 1.27 bits per heavy atom. The Morgan fingerprint density at radius 2 is 2.05 bits per heavy atom. The summed E-state index contributed by atoms with van der Waals surface area (Å²) in [5, 5.41) is 16.2. The van der Waals surface area contributed by atoms with E-state index in [-0.39, 0.29) is 12.1 Å². The molecule has 0 aromatic heterocycles. The van der Waals surface area contributed by atoms with Crippen LogP contribution >= 0.6 is 0 Å². The highest BCUT2D eigenvalue weighted by molar-refractivity contribution is 5.74. The second-order valence-corrected chi connectivity index (χ2v) is 6.34. The van der Waals surface area contributed by atoms with Crippen molar-refractivity contribution in [3.63, 3.8) is 0 Å². The number of fused-ring (bicyclic) bond motifs is 1. The maximum absolute atomic E-state index is 12.1. The van der Waals surface area contributed by atoms with E-state index in [4.69, 9.17) is 4.74 Å². The lowest BCUT2D eigenvalue weighted by molar-refractivity contribution is 0.00709. The number of para-hydroxylation sites is 1. The van der Waals surface area contributed by atoms with Crippen LogP contribution in [-0.2, 0) is 0 Å². The van der Waals surface area contributed by atoms with Gasteiger partial charge in [-0.1, -0.05) is 37.5 Å². The van der Waals surface area contributed by atoms with Gasteiger partial charge in [0.2, 0.25) is 0 Å². The van der Waals surface area contributed by atoms with Crippen LogP contribution in [0.15, 0.2) is 24.3 Å². The summed E-state index contributed by atoms with van der Waals surface area (Å²) >= 11 is 0. The average molecular weight is 304 g/mol. The molecule has 1 aliphatic heterocycles. The van der Waals surface area contributed by atoms with Crippen molar-refractivity contribution < 1.29 is 14.6 Å². The fraction of sp³-hybridized carbons (Fsp3) is 0.588. The normalized spacial score (nSPS) is 23.0. The molecule has 1 aromatic carbocycles. The summed E-state index contributed by atoms with van der Waals surface area (Å²) in [6, 6.07) is 7.52. The van der Waals surface area contributed by atoms with Gasteiger partial charge in [-0.15, -0.1) is 0 Å². The first-order valence-electron chi connectivity index (χ1n) is 8.15. The molecule has 0 spiro atoms. The summed E-state index contributed by atoms with van der Waals surface area (Å²) in [5.41, 5.74) is 0.281. The van der Waals surface area contributed by atoms with Crippen molar-refractivity contribution in [2.24, 2.45) is 0 Å². The van der Waals surface area contributed by atoms with Gasteiger partial charge in [0.15, 0.2) is 0 Å². The third-order valence-corrected chi connectivity index (χ3v) is 4.63. The maximum Gasteiger partial charge on any atom is 0.315 e. The minimum Gasteiger partial charge on any atom is -0.493 e. The SMILES string of the molecule is O=C(NCC1(O)CCCCC1)NC1CCOc2ccccc21. The van der Waals surface area contributed by atoms with E-state index in [1.54, 1.807) is 0 Å². The van der Waals surface area contributed by atoms with Crippen molar-refractivity contribution in [3.8, 4) is 5.75 Å². The number of nitrogens with one attached hydrogen (secondary N) is 2. The van der Waals surface area contributed by atoms with Gasteiger partial charge in [0.1, 0.15) is 5.75 Å². The minimum absolute atomic E-state index is 0.0362. The highest BCUT2D eigenvalue weighted by Crippen LogP contribution is 2.31. The molecule has 1 heterocycles. The number of amides is 2. The third-order valence-electron chi connectivity index (χ3n) is 4.63. The molecule has 5 nitrogen and oxygen atoms in total. The number of carbonyl (C=O) groups is 1. The number of benzene rings is 1. The van der Waals surface area contributed by atoms with Crippen LogP contribution in [0.1, 0.15) is 50.1 Å². The van der Waals surface area contributed by atoms with Gasteiger partial charge in [0.25, 0.3) is 0 Å². The lowest BCUT2D eigenvalue weighted by atomic mass is 9.85. The van der Waals surface area contributed by atoms with Crippen molar-refractivity contribution in [3.05, 3.63) is 29.8 Å². The number of aliphatic hydroxyl groups is 1. The average Bonchev–Trinajstić information content (AvgIpc) is 2.54. The Hall–Kier alpha value is -1.75. The van der Waals surface area contributed by atoms with E-state index in [1.165, 1.54) is 6.42 Å². The number of hydrogen-bond donors (Lipinski definition) is 3. The van der Waals surface area contributed by atoms with Gasteiger partial charge in [-0.25, -0.2) is 4.79 Å². The van der Waals surface area contributed by atoms with Crippen LogP contribution in [0, 0.1) is 0 Å². The zero-order valence-electron chi connectivity index (χ0n) is 12.8. The molecule has 1 aliphatic carbocycles. The molecular weight excluding hydrogens is 280 g/mol. The predicted octanol–water partition coefficient (Wildman–Crippen LogP) is 2.50. The molecule has 0 radical (unpaired) electrons. The molecule has 3 rings (SSSR count). The number of ether oxygens (including phenoxy) is 1. The first-order valence-corrected chi connectivity index (χ1v) is 8.15. The highest BCUT2D eigenvalue weighted by atomic mass is 16.5. The molecule has 1 fully saturated rings. The minimum atomic E-state index is -0.733. The van der Waals surface area contributed by atoms with E-state index in [0.29, 0.717) is 13.2 Å². The first kappa shape index (κ1) is 15.2. The fourth-order valence-corrected chi connectivity index (χ4v) is 3.33. The lowest BCUT2D eigenvalue weighted by Gasteiger charge is -2.32. The van der Waals surface area contributed by atoms with Crippen LogP contribution in [-0.4, -0.2) is 29.9 Å². The molecule has 5 heteroatoms. The molecule has 1 atom stereocenters. The van der Waals surface area contributed by atoms with Gasteiger partial charge >= 0.3 is 6.03 Å². The van der Waals surface area contributed by atoms with Gasteiger partial charge in [0, 0.05) is 18.5 Å². The van der Waals surface area contributed by atoms with E-state index in [9.17, 15) is 9.90 Å². The molecule has 3 N–H and O–H groups in total. The molecule has 0 saturated heterocycles. The van der Waals surface area contributed by atoms with Crippen LogP contribution in [0.4, 0.5) is 4.79 Å². The third kappa shape index (κ3) is 3.53. The Labute approximate surface area is 131 Å². The summed E-state index contributed by atoms with van der Waals surface area (Å²) in [6.45, 7) is 0.926. The number of hydrogen-bond acceptors (Lipinski definition) is 3. The van der Waals surface area contributed by atoms with E-state index in [2.05, 4.69) is 10.6 Å². The smallest absolute Gasteiger partial charge is 0.315 e. The maximum atomic E-state index is 12.1. The van der Waals surface area contributed by atoms with Gasteiger partial charge in [-0.3, -0.25) is 0 Å². The van der Waals surface area contributed by atoms with Crippen molar-refractivity contribution in [2.75, 3.05) is 13.2 Å². The molecule has 2 amide bonds. The van der Waals surface area contributed by atoms with Crippen molar-refractivity contribution in [2.45, 2.75) is 50.2 Å². The molecule has 1 unspecified atom stereocenters. The highest BCUT2D eigenvalue weighted by Gasteiger charge is 2.30. The first-order chi connectivity index (χ1) is 10.7. The number of rotatable bonds is 3. The van der Waals surface area contributed by atoms with E-state index in [0.717, 1.165) is 43.4 Å². The van der Waals surface area contributed by atoms with E-state index < -0.39 is 5.60 Å². The van der Waals surface area contributed by atoms with Crippen molar-refractivity contribution >= 4 is 6.03 Å². The van der Waals surface area contributed by atoms with E-state index in [1.807, 2.05) is 24.3 Å². The molecule has 120 valence electrons. The zero-order chi connectivity index (χ0) is 15.4. The van der Waals surface area contributed by atoms with Crippen molar-refractivity contribution in [1.29, 1.82) is 0 Å². The summed E-state index contributed by atoms with van der Waals surface area (Å²) in [5.74, 6) is 0.838. The molecule has 22 heavy (non-hydrogen) atoms. The van der Waals surface area contributed by atoms with Crippen LogP contribution in [0.25, 0.3) is 0 Å². The van der Waals surface area contributed by atoms with E-state index >= 15 is 0 Å². The van der Waals surface area contributed by atoms with Gasteiger partial charge in [0.05, 0.1) is 18.2 Å². The van der Waals surface area contributed by atoms with Gasteiger partial charge < -0.3 is 20.5 Å². The molecule has 1 aromatic rings. The zero-order valence-corrected chi connectivity index (χ0v) is 12.8. The monoisotopic (exact) mass is 304 g/mol. The van der Waals surface area contributed by atoms with Gasteiger partial charge in [-0.2, -0.15) is 0 Å². The Bertz CT molecular complexity index is 526. The number of carbonyl (C=O) groups excluding carboxylic acids is 1. The molecule has 1 saturated carbocycles. The van der Waals surface area contributed by atoms with Crippen LogP contribution in [0.5, 0.6) is 5.75 Å². The topological polar surface area (TPSA) is 70.6 Å². The standard InChI is InChI=1S/C17H24N2O3/c20-16(18-12-17(21)9-4-1-5-10-17)19-14-8-11-22-15-7-3-2-6-13(14)15/h2-3,6-7,14,21H,1,4-5,8-12H2,(H2,18,19,20). The van der Waals surface area contributed by atoms with Crippen molar-refractivity contribution in [1.82, 2.24) is 10.6 Å². The quantitative estimate of drug-likeness (QED) is 0.803. The second-order valence-electron chi connectivity index (χ2n) is 6.34. The van der Waals surface area contributed by atoms with Crippen LogP contribution in [0.3, 0.4) is 0 Å². The summed E-state index contributed by atoms with van der Waals surface area (Å²) in [6.07, 6.45) is 5.54. The van der Waals surface area contributed by atoms with Gasteiger partial charge in [-0.05, 0) is 18.9 Å². The lowest BCUT2D eigenvalue weighted by Crippen LogP contribution is -2.48.